The number of halogens is 1. The second-order valence-electron chi connectivity index (χ2n) is 2.84. The highest BCUT2D eigenvalue weighted by Gasteiger charge is 2.08. The van der Waals surface area contributed by atoms with Gasteiger partial charge in [-0.2, -0.15) is 0 Å². The van der Waals surface area contributed by atoms with Crippen molar-refractivity contribution in [3.63, 3.8) is 0 Å². The van der Waals surface area contributed by atoms with Crippen LogP contribution in [0.25, 0.3) is 0 Å². The van der Waals surface area contributed by atoms with E-state index in [0.29, 0.717) is 11.6 Å². The molecule has 72 valence electrons. The summed E-state index contributed by atoms with van der Waals surface area (Å²) in [6.07, 6.45) is 0. The summed E-state index contributed by atoms with van der Waals surface area (Å²) in [5.74, 6) is 0. The van der Waals surface area contributed by atoms with Crippen LogP contribution in [0.15, 0.2) is 18.2 Å². The van der Waals surface area contributed by atoms with Crippen LogP contribution in [0, 0.1) is 0 Å². The zero-order valence-electron chi connectivity index (χ0n) is 7.20. The van der Waals surface area contributed by atoms with Crippen molar-refractivity contribution in [2.45, 2.75) is 12.6 Å². The maximum atomic E-state index is 9.03. The number of aliphatic hydroxyl groups is 1. The third kappa shape index (κ3) is 2.42. The first-order valence-corrected chi connectivity index (χ1v) is 4.41. The predicted molar refractivity (Wildman–Crippen MR) is 53.4 cm³/mol. The Hall–Kier alpha value is -0.610. The smallest absolute Gasteiger partial charge is 0.0685 e. The van der Waals surface area contributed by atoms with Gasteiger partial charge in [0.15, 0.2) is 0 Å². The lowest BCUT2D eigenvalue weighted by atomic mass is 10.0. The molecule has 13 heavy (non-hydrogen) atoms. The molecule has 0 radical (unpaired) electrons. The Morgan fingerprint density at radius 1 is 1.46 bits per heavy atom. The number of aliphatic hydroxyl groups excluding tert-OH is 1. The lowest BCUT2D eigenvalue weighted by Gasteiger charge is -2.13. The zero-order chi connectivity index (χ0) is 9.84. The average molecular weight is 201 g/mol. The number of hydrogen-bond acceptors (Lipinski definition) is 3. The fraction of sp³-hybridized carbons (Fsp3) is 0.333. The highest BCUT2D eigenvalue weighted by Crippen LogP contribution is 2.20. The molecule has 0 aromatic heterocycles. The van der Waals surface area contributed by atoms with Crippen molar-refractivity contribution in [1.29, 1.82) is 0 Å². The Balaban J connectivity index is 3.05. The van der Waals surface area contributed by atoms with E-state index in [0.717, 1.165) is 11.1 Å². The second kappa shape index (κ2) is 4.58. The Morgan fingerprint density at radius 3 is 2.69 bits per heavy atom. The topological polar surface area (TPSA) is 72.3 Å². The molecule has 0 spiro atoms. The Morgan fingerprint density at radius 2 is 2.15 bits per heavy atom. The van der Waals surface area contributed by atoms with Gasteiger partial charge in [-0.15, -0.1) is 0 Å². The summed E-state index contributed by atoms with van der Waals surface area (Å²) in [5.41, 5.74) is 12.8. The minimum Gasteiger partial charge on any atom is -0.392 e. The third-order valence-electron chi connectivity index (χ3n) is 1.93. The van der Waals surface area contributed by atoms with Crippen LogP contribution < -0.4 is 11.5 Å². The fourth-order valence-electron chi connectivity index (χ4n) is 1.20. The van der Waals surface area contributed by atoms with Crippen molar-refractivity contribution >= 4 is 11.6 Å². The van der Waals surface area contributed by atoms with Gasteiger partial charge in [0.05, 0.1) is 6.61 Å². The highest BCUT2D eigenvalue weighted by atomic mass is 35.5. The molecule has 0 saturated heterocycles. The second-order valence-corrected chi connectivity index (χ2v) is 3.28. The van der Waals surface area contributed by atoms with E-state index in [-0.39, 0.29) is 12.6 Å². The molecule has 0 amide bonds. The van der Waals surface area contributed by atoms with Crippen molar-refractivity contribution in [1.82, 2.24) is 0 Å². The summed E-state index contributed by atoms with van der Waals surface area (Å²) in [6.45, 7) is 0.290. The number of benzene rings is 1. The molecular weight excluding hydrogens is 188 g/mol. The molecule has 1 aromatic rings. The van der Waals surface area contributed by atoms with Crippen molar-refractivity contribution in [3.05, 3.63) is 34.3 Å². The SMILES string of the molecule is NC[C@@H](N)c1ccc(Cl)cc1CO. The maximum Gasteiger partial charge on any atom is 0.0685 e. The zero-order valence-corrected chi connectivity index (χ0v) is 7.96. The van der Waals surface area contributed by atoms with E-state index in [2.05, 4.69) is 0 Å². The van der Waals surface area contributed by atoms with Crippen LogP contribution in [0.5, 0.6) is 0 Å². The summed E-state index contributed by atoms with van der Waals surface area (Å²) in [7, 11) is 0. The van der Waals surface area contributed by atoms with Crippen LogP contribution in [0.2, 0.25) is 5.02 Å². The van der Waals surface area contributed by atoms with Gasteiger partial charge in [-0.25, -0.2) is 0 Å². The standard InChI is InChI=1S/C9H13ClN2O/c10-7-1-2-8(9(12)4-11)6(3-7)5-13/h1-3,9,13H,4-5,11-12H2/t9-/m1/s1. The first-order valence-electron chi connectivity index (χ1n) is 4.04. The number of nitrogens with two attached hydrogens (primary N) is 2. The van der Waals surface area contributed by atoms with E-state index in [1.165, 1.54) is 0 Å². The Labute approximate surface area is 82.3 Å². The molecule has 0 fully saturated rings. The first-order chi connectivity index (χ1) is 6.19. The molecule has 0 bridgehead atoms. The van der Waals surface area contributed by atoms with E-state index < -0.39 is 0 Å². The molecule has 0 aliphatic carbocycles. The van der Waals surface area contributed by atoms with E-state index in [1.807, 2.05) is 0 Å². The van der Waals surface area contributed by atoms with Crippen molar-refractivity contribution in [2.24, 2.45) is 11.5 Å². The number of rotatable bonds is 3. The van der Waals surface area contributed by atoms with Crippen molar-refractivity contribution in [3.8, 4) is 0 Å². The van der Waals surface area contributed by atoms with Crippen molar-refractivity contribution < 1.29 is 5.11 Å². The Bertz CT molecular complexity index is 291. The van der Waals surface area contributed by atoms with Gasteiger partial charge in [-0.3, -0.25) is 0 Å². The summed E-state index contributed by atoms with van der Waals surface area (Å²) in [5, 5.41) is 9.63. The predicted octanol–water partition coefficient (Wildman–Crippen LogP) is 0.791. The van der Waals surface area contributed by atoms with Gasteiger partial charge in [0, 0.05) is 17.6 Å². The van der Waals surface area contributed by atoms with Crippen LogP contribution in [0.1, 0.15) is 17.2 Å². The van der Waals surface area contributed by atoms with Crippen molar-refractivity contribution in [2.75, 3.05) is 6.54 Å². The molecule has 0 unspecified atom stereocenters. The summed E-state index contributed by atoms with van der Waals surface area (Å²) in [4.78, 5) is 0. The number of hydrogen-bond donors (Lipinski definition) is 3. The lowest BCUT2D eigenvalue weighted by molar-refractivity contribution is 0.280. The quantitative estimate of drug-likeness (QED) is 0.676. The van der Waals surface area contributed by atoms with Gasteiger partial charge >= 0.3 is 0 Å². The van der Waals surface area contributed by atoms with Gasteiger partial charge in [0.2, 0.25) is 0 Å². The molecule has 1 atom stereocenters. The molecule has 1 aromatic carbocycles. The van der Waals surface area contributed by atoms with Crippen LogP contribution >= 0.6 is 11.6 Å². The molecule has 1 rings (SSSR count). The van der Waals surface area contributed by atoms with E-state index >= 15 is 0 Å². The summed E-state index contributed by atoms with van der Waals surface area (Å²) < 4.78 is 0. The Kier molecular flexibility index (Phi) is 3.69. The average Bonchev–Trinajstić information content (AvgIpc) is 2.16. The third-order valence-corrected chi connectivity index (χ3v) is 2.16. The summed E-state index contributed by atoms with van der Waals surface area (Å²) >= 11 is 5.76. The minimum absolute atomic E-state index is 0.0659. The molecule has 5 N–H and O–H groups in total. The van der Waals surface area contributed by atoms with E-state index in [1.54, 1.807) is 18.2 Å². The molecule has 4 heteroatoms. The molecule has 3 nitrogen and oxygen atoms in total. The van der Waals surface area contributed by atoms with Crippen LogP contribution in [0.4, 0.5) is 0 Å². The fourth-order valence-corrected chi connectivity index (χ4v) is 1.39. The largest absolute Gasteiger partial charge is 0.392 e. The van der Waals surface area contributed by atoms with E-state index in [4.69, 9.17) is 28.2 Å². The molecule has 0 heterocycles. The van der Waals surface area contributed by atoms with Gasteiger partial charge in [-0.05, 0) is 23.3 Å². The monoisotopic (exact) mass is 200 g/mol. The van der Waals surface area contributed by atoms with E-state index in [9.17, 15) is 0 Å². The molecule has 0 saturated carbocycles. The summed E-state index contributed by atoms with van der Waals surface area (Å²) in [6, 6.07) is 5.00. The molecule has 0 aliphatic rings. The maximum absolute atomic E-state index is 9.03. The van der Waals surface area contributed by atoms with Gasteiger partial charge < -0.3 is 16.6 Å². The minimum atomic E-state index is -0.237. The highest BCUT2D eigenvalue weighted by molar-refractivity contribution is 6.30. The van der Waals surface area contributed by atoms with Gasteiger partial charge in [-0.1, -0.05) is 17.7 Å². The van der Waals surface area contributed by atoms with Crippen LogP contribution in [0.3, 0.4) is 0 Å². The lowest BCUT2D eigenvalue weighted by Crippen LogP contribution is -2.22. The normalized spacial score (nSPS) is 12.9. The van der Waals surface area contributed by atoms with Gasteiger partial charge in [0.1, 0.15) is 0 Å². The molecule has 0 aliphatic heterocycles. The first kappa shape index (κ1) is 10.5. The van der Waals surface area contributed by atoms with Gasteiger partial charge in [0.25, 0.3) is 0 Å². The molecular formula is C9H13ClN2O. The van der Waals surface area contributed by atoms with Crippen LogP contribution in [-0.4, -0.2) is 11.7 Å². The van der Waals surface area contributed by atoms with Crippen LogP contribution in [-0.2, 0) is 6.61 Å².